The molecule has 0 bridgehead atoms. The molecule has 2 nitrogen and oxygen atoms in total. The van der Waals surface area contributed by atoms with E-state index in [1.807, 2.05) is 12.1 Å². The number of benzene rings is 1. The van der Waals surface area contributed by atoms with Crippen molar-refractivity contribution < 1.29 is 0 Å². The summed E-state index contributed by atoms with van der Waals surface area (Å²) in [6, 6.07) is 6.68. The topological polar surface area (TPSA) is 38.0 Å². The standard InChI is InChI=1S/C13H18N2S/c1-9-5-4-8-11(13(14)16)12(9)15-10-6-2-3-7-10/h4-5,8,10,15H,2-3,6-7H2,1H3,(H2,14,16). The highest BCUT2D eigenvalue weighted by Gasteiger charge is 2.17. The fourth-order valence-corrected chi connectivity index (χ4v) is 2.51. The number of para-hydroxylation sites is 1. The third-order valence-electron chi connectivity index (χ3n) is 3.24. The van der Waals surface area contributed by atoms with Crippen LogP contribution in [0.25, 0.3) is 0 Å². The molecule has 1 aromatic carbocycles. The third-order valence-corrected chi connectivity index (χ3v) is 3.46. The number of aryl methyl sites for hydroxylation is 1. The van der Waals surface area contributed by atoms with Crippen molar-refractivity contribution in [2.75, 3.05) is 5.32 Å². The van der Waals surface area contributed by atoms with E-state index in [0.29, 0.717) is 11.0 Å². The summed E-state index contributed by atoms with van der Waals surface area (Å²) in [7, 11) is 0. The quantitative estimate of drug-likeness (QED) is 0.790. The SMILES string of the molecule is Cc1cccc(C(N)=S)c1NC1CCCC1. The van der Waals surface area contributed by atoms with Crippen molar-refractivity contribution in [3.05, 3.63) is 29.3 Å². The molecule has 0 atom stereocenters. The molecule has 1 aromatic rings. The van der Waals surface area contributed by atoms with Gasteiger partial charge in [-0.05, 0) is 31.4 Å². The first-order valence-electron chi connectivity index (χ1n) is 5.84. The minimum absolute atomic E-state index is 0.476. The maximum absolute atomic E-state index is 5.75. The van der Waals surface area contributed by atoms with E-state index in [9.17, 15) is 0 Å². The molecule has 1 saturated carbocycles. The van der Waals surface area contributed by atoms with Crippen LogP contribution < -0.4 is 11.1 Å². The molecular formula is C13H18N2S. The molecule has 0 heterocycles. The van der Waals surface area contributed by atoms with Crippen molar-refractivity contribution in [2.24, 2.45) is 5.73 Å². The van der Waals surface area contributed by atoms with E-state index >= 15 is 0 Å². The fourth-order valence-electron chi connectivity index (χ4n) is 2.34. The Morgan fingerprint density at radius 2 is 2.06 bits per heavy atom. The number of nitrogens with two attached hydrogens (primary N) is 1. The Morgan fingerprint density at radius 3 is 2.69 bits per heavy atom. The summed E-state index contributed by atoms with van der Waals surface area (Å²) >= 11 is 5.09. The molecule has 0 amide bonds. The maximum Gasteiger partial charge on any atom is 0.106 e. The van der Waals surface area contributed by atoms with Gasteiger partial charge in [-0.3, -0.25) is 0 Å². The summed E-state index contributed by atoms with van der Waals surface area (Å²) in [6.45, 7) is 2.10. The van der Waals surface area contributed by atoms with Gasteiger partial charge in [-0.1, -0.05) is 37.2 Å². The van der Waals surface area contributed by atoms with Crippen LogP contribution in [0.1, 0.15) is 36.8 Å². The van der Waals surface area contributed by atoms with Gasteiger partial charge in [0.1, 0.15) is 4.99 Å². The van der Waals surface area contributed by atoms with E-state index in [-0.39, 0.29) is 0 Å². The molecule has 0 saturated heterocycles. The smallest absolute Gasteiger partial charge is 0.106 e. The van der Waals surface area contributed by atoms with Gasteiger partial charge in [0.25, 0.3) is 0 Å². The van der Waals surface area contributed by atoms with Gasteiger partial charge < -0.3 is 11.1 Å². The second kappa shape index (κ2) is 4.83. The van der Waals surface area contributed by atoms with Crippen molar-refractivity contribution >= 4 is 22.9 Å². The summed E-state index contributed by atoms with van der Waals surface area (Å²) in [5, 5.41) is 3.59. The number of hydrogen-bond donors (Lipinski definition) is 2. The molecule has 0 spiro atoms. The van der Waals surface area contributed by atoms with Crippen LogP contribution in [-0.2, 0) is 0 Å². The molecule has 1 aliphatic rings. The Morgan fingerprint density at radius 1 is 1.38 bits per heavy atom. The number of hydrogen-bond acceptors (Lipinski definition) is 2. The van der Waals surface area contributed by atoms with Crippen LogP contribution in [0.3, 0.4) is 0 Å². The summed E-state index contributed by atoms with van der Waals surface area (Å²) in [4.78, 5) is 0.476. The zero-order chi connectivity index (χ0) is 11.5. The predicted octanol–water partition coefficient (Wildman–Crippen LogP) is 2.98. The van der Waals surface area contributed by atoms with Crippen molar-refractivity contribution in [1.29, 1.82) is 0 Å². The summed E-state index contributed by atoms with van der Waals surface area (Å²) in [5.41, 5.74) is 9.07. The van der Waals surface area contributed by atoms with E-state index in [4.69, 9.17) is 18.0 Å². The summed E-state index contributed by atoms with van der Waals surface area (Å²) in [5.74, 6) is 0. The Kier molecular flexibility index (Phi) is 3.44. The molecule has 0 aliphatic heterocycles. The second-order valence-electron chi connectivity index (χ2n) is 4.49. The number of thiocarbonyl (C=S) groups is 1. The first-order valence-corrected chi connectivity index (χ1v) is 6.25. The normalized spacial score (nSPS) is 16.3. The molecule has 0 unspecified atom stereocenters. The summed E-state index contributed by atoms with van der Waals surface area (Å²) < 4.78 is 0. The molecular weight excluding hydrogens is 216 g/mol. The Labute approximate surface area is 102 Å². The van der Waals surface area contributed by atoms with E-state index in [1.165, 1.54) is 31.2 Å². The van der Waals surface area contributed by atoms with Crippen LogP contribution in [0.4, 0.5) is 5.69 Å². The lowest BCUT2D eigenvalue weighted by Crippen LogP contribution is -2.20. The van der Waals surface area contributed by atoms with Crippen LogP contribution in [0.5, 0.6) is 0 Å². The highest BCUT2D eigenvalue weighted by atomic mass is 32.1. The fraction of sp³-hybridized carbons (Fsp3) is 0.462. The lowest BCUT2D eigenvalue weighted by Gasteiger charge is -2.18. The summed E-state index contributed by atoms with van der Waals surface area (Å²) in [6.07, 6.45) is 5.16. The lowest BCUT2D eigenvalue weighted by molar-refractivity contribution is 0.754. The first kappa shape index (κ1) is 11.4. The molecule has 0 radical (unpaired) electrons. The first-order chi connectivity index (χ1) is 7.68. The van der Waals surface area contributed by atoms with Crippen LogP contribution in [0.2, 0.25) is 0 Å². The molecule has 2 rings (SSSR count). The average Bonchev–Trinajstić information content (AvgIpc) is 2.73. The van der Waals surface area contributed by atoms with Crippen molar-refractivity contribution in [3.8, 4) is 0 Å². The molecule has 86 valence electrons. The monoisotopic (exact) mass is 234 g/mol. The number of rotatable bonds is 3. The van der Waals surface area contributed by atoms with Crippen LogP contribution in [0, 0.1) is 6.92 Å². The minimum Gasteiger partial charge on any atom is -0.389 e. The third kappa shape index (κ3) is 2.35. The van der Waals surface area contributed by atoms with E-state index in [2.05, 4.69) is 18.3 Å². The maximum atomic E-state index is 5.75. The van der Waals surface area contributed by atoms with Gasteiger partial charge in [0.15, 0.2) is 0 Å². The van der Waals surface area contributed by atoms with Gasteiger partial charge in [0.05, 0.1) is 0 Å². The zero-order valence-corrected chi connectivity index (χ0v) is 10.4. The predicted molar refractivity (Wildman–Crippen MR) is 72.9 cm³/mol. The van der Waals surface area contributed by atoms with Gasteiger partial charge >= 0.3 is 0 Å². The van der Waals surface area contributed by atoms with Crippen LogP contribution in [-0.4, -0.2) is 11.0 Å². The highest BCUT2D eigenvalue weighted by Crippen LogP contribution is 2.26. The van der Waals surface area contributed by atoms with E-state index < -0.39 is 0 Å². The van der Waals surface area contributed by atoms with Crippen LogP contribution >= 0.6 is 12.2 Å². The lowest BCUT2D eigenvalue weighted by atomic mass is 10.1. The number of anilines is 1. The van der Waals surface area contributed by atoms with Gasteiger partial charge in [0.2, 0.25) is 0 Å². The van der Waals surface area contributed by atoms with E-state index in [1.54, 1.807) is 0 Å². The van der Waals surface area contributed by atoms with Crippen molar-refractivity contribution in [2.45, 2.75) is 38.6 Å². The van der Waals surface area contributed by atoms with Crippen molar-refractivity contribution in [1.82, 2.24) is 0 Å². The van der Waals surface area contributed by atoms with Crippen molar-refractivity contribution in [3.63, 3.8) is 0 Å². The zero-order valence-electron chi connectivity index (χ0n) is 9.62. The van der Waals surface area contributed by atoms with Gasteiger partial charge in [-0.15, -0.1) is 0 Å². The second-order valence-corrected chi connectivity index (χ2v) is 4.93. The van der Waals surface area contributed by atoms with Gasteiger partial charge in [-0.25, -0.2) is 0 Å². The number of nitrogens with one attached hydrogen (secondary N) is 1. The molecule has 1 aliphatic carbocycles. The minimum atomic E-state index is 0.476. The van der Waals surface area contributed by atoms with Gasteiger partial charge in [-0.2, -0.15) is 0 Å². The molecule has 1 fully saturated rings. The Hall–Kier alpha value is -1.09. The molecule has 16 heavy (non-hydrogen) atoms. The van der Waals surface area contributed by atoms with Crippen LogP contribution in [0.15, 0.2) is 18.2 Å². The highest BCUT2D eigenvalue weighted by molar-refractivity contribution is 7.80. The largest absolute Gasteiger partial charge is 0.389 e. The average molecular weight is 234 g/mol. The molecule has 3 N–H and O–H groups in total. The molecule has 3 heteroatoms. The Bertz CT molecular complexity index is 395. The van der Waals surface area contributed by atoms with Gasteiger partial charge in [0, 0.05) is 17.3 Å². The molecule has 0 aromatic heterocycles. The Balaban J connectivity index is 2.26. The van der Waals surface area contributed by atoms with E-state index in [0.717, 1.165) is 11.3 Å².